The maximum absolute atomic E-state index is 12.8. The van der Waals surface area contributed by atoms with Crippen molar-refractivity contribution in [1.29, 1.82) is 0 Å². The molecule has 8 nitrogen and oxygen atoms in total. The fourth-order valence-electron chi connectivity index (χ4n) is 2.64. The molecule has 0 radical (unpaired) electrons. The van der Waals surface area contributed by atoms with Crippen molar-refractivity contribution >= 4 is 11.6 Å². The monoisotopic (exact) mass is 295 g/mol. The number of rotatable bonds is 2. The van der Waals surface area contributed by atoms with Crippen LogP contribution in [-0.4, -0.2) is 42.6 Å². The fraction of sp³-hybridized carbons (Fsp3) is 0.214. The summed E-state index contributed by atoms with van der Waals surface area (Å²) < 4.78 is 1.57. The molecule has 0 aliphatic carbocycles. The normalized spacial score (nSPS) is 13.9. The molecule has 110 valence electrons. The molecule has 0 spiro atoms. The van der Waals surface area contributed by atoms with Crippen LogP contribution >= 0.6 is 0 Å². The molecule has 1 aliphatic rings. The fourth-order valence-corrected chi connectivity index (χ4v) is 2.64. The Hall–Kier alpha value is -3.03. The van der Waals surface area contributed by atoms with Gasteiger partial charge in [-0.15, -0.1) is 5.10 Å². The Bertz CT molecular complexity index is 808. The molecule has 1 aliphatic heterocycles. The average molecular weight is 295 g/mol. The minimum Gasteiger partial charge on any atom is -0.305 e. The lowest BCUT2D eigenvalue weighted by atomic mass is 10.1. The van der Waals surface area contributed by atoms with E-state index in [0.29, 0.717) is 17.8 Å². The quantitative estimate of drug-likeness (QED) is 0.760. The summed E-state index contributed by atoms with van der Waals surface area (Å²) in [6.07, 6.45) is 10.0. The van der Waals surface area contributed by atoms with Crippen LogP contribution in [0.2, 0.25) is 0 Å². The number of carbonyl (C=O) groups is 1. The van der Waals surface area contributed by atoms with Crippen molar-refractivity contribution < 1.29 is 4.79 Å². The van der Waals surface area contributed by atoms with Gasteiger partial charge in [0.05, 0.1) is 47.4 Å². The van der Waals surface area contributed by atoms with E-state index in [1.165, 1.54) is 0 Å². The van der Waals surface area contributed by atoms with E-state index < -0.39 is 0 Å². The lowest BCUT2D eigenvalue weighted by Gasteiger charge is -2.26. The molecular formula is C14H13N7O. The molecule has 0 aromatic carbocycles. The highest BCUT2D eigenvalue weighted by molar-refractivity contribution is 6.06. The van der Waals surface area contributed by atoms with E-state index in [2.05, 4.69) is 25.5 Å². The topological polar surface area (TPSA) is 92.6 Å². The van der Waals surface area contributed by atoms with Gasteiger partial charge in [0, 0.05) is 12.7 Å². The van der Waals surface area contributed by atoms with Crippen LogP contribution < -0.4 is 4.90 Å². The lowest BCUT2D eigenvalue weighted by Crippen LogP contribution is -2.35. The minimum atomic E-state index is -0.0863. The highest BCUT2D eigenvalue weighted by Crippen LogP contribution is 2.26. The van der Waals surface area contributed by atoms with Crippen LogP contribution in [-0.2, 0) is 6.42 Å². The summed E-state index contributed by atoms with van der Waals surface area (Å²) >= 11 is 0. The molecule has 3 aromatic heterocycles. The first-order chi connectivity index (χ1) is 10.8. The van der Waals surface area contributed by atoms with Crippen LogP contribution in [0.5, 0.6) is 0 Å². The van der Waals surface area contributed by atoms with Crippen LogP contribution in [0.4, 0.5) is 5.69 Å². The molecule has 0 atom stereocenters. The van der Waals surface area contributed by atoms with Gasteiger partial charge in [-0.25, -0.2) is 4.68 Å². The van der Waals surface area contributed by atoms with Crippen LogP contribution in [0.3, 0.4) is 0 Å². The number of nitrogens with one attached hydrogen (secondary N) is 1. The molecular weight excluding hydrogens is 282 g/mol. The zero-order chi connectivity index (χ0) is 14.9. The maximum Gasteiger partial charge on any atom is 0.260 e. The van der Waals surface area contributed by atoms with Gasteiger partial charge in [0.25, 0.3) is 5.91 Å². The molecule has 0 fully saturated rings. The summed E-state index contributed by atoms with van der Waals surface area (Å²) in [7, 11) is 0. The van der Waals surface area contributed by atoms with Gasteiger partial charge in [-0.3, -0.25) is 14.9 Å². The van der Waals surface area contributed by atoms with Crippen molar-refractivity contribution in [2.45, 2.75) is 12.8 Å². The third kappa shape index (κ3) is 2.05. The number of pyridine rings is 1. The molecule has 0 saturated heterocycles. The van der Waals surface area contributed by atoms with Crippen LogP contribution in [0.25, 0.3) is 5.69 Å². The van der Waals surface area contributed by atoms with Crippen LogP contribution in [0.1, 0.15) is 22.5 Å². The summed E-state index contributed by atoms with van der Waals surface area (Å²) in [5, 5.41) is 14.7. The molecule has 0 unspecified atom stereocenters. The summed E-state index contributed by atoms with van der Waals surface area (Å²) in [5.74, 6) is -0.0863. The molecule has 22 heavy (non-hydrogen) atoms. The van der Waals surface area contributed by atoms with E-state index >= 15 is 0 Å². The molecule has 3 aromatic rings. The van der Waals surface area contributed by atoms with Crippen molar-refractivity contribution in [2.75, 3.05) is 11.4 Å². The van der Waals surface area contributed by atoms with Gasteiger partial charge >= 0.3 is 0 Å². The van der Waals surface area contributed by atoms with E-state index in [0.717, 1.165) is 24.2 Å². The Balaban J connectivity index is 1.69. The molecule has 1 N–H and O–H groups in total. The Labute approximate surface area is 125 Å². The van der Waals surface area contributed by atoms with Gasteiger partial charge in [-0.1, -0.05) is 5.21 Å². The number of hydrogen-bond acceptors (Lipinski definition) is 5. The van der Waals surface area contributed by atoms with E-state index in [-0.39, 0.29) is 5.91 Å². The second-order valence-electron chi connectivity index (χ2n) is 5.07. The Morgan fingerprint density at radius 3 is 3.09 bits per heavy atom. The van der Waals surface area contributed by atoms with Crippen molar-refractivity contribution in [2.24, 2.45) is 0 Å². The summed E-state index contributed by atoms with van der Waals surface area (Å²) in [5.41, 5.74) is 3.07. The predicted octanol–water partition coefficient (Wildman–Crippen LogP) is 0.978. The van der Waals surface area contributed by atoms with Gasteiger partial charge in [0.2, 0.25) is 0 Å². The summed E-state index contributed by atoms with van der Waals surface area (Å²) in [4.78, 5) is 18.7. The number of nitrogens with zero attached hydrogens (tertiary/aromatic N) is 6. The standard InChI is InChI=1S/C14H13N7O/c22-14(20-4-1-2-12-13(20)9-17-18-12)10-6-11(8-15-7-10)21-5-3-16-19-21/h3,5-9H,1-2,4H2,(H,17,18). The SMILES string of the molecule is O=C(c1cncc(-n2ccnn2)c1)N1CCCc2[nH]ncc21. The van der Waals surface area contributed by atoms with E-state index in [4.69, 9.17) is 0 Å². The summed E-state index contributed by atoms with van der Waals surface area (Å²) in [6.45, 7) is 0.679. The highest BCUT2D eigenvalue weighted by atomic mass is 16.2. The van der Waals surface area contributed by atoms with Crippen LogP contribution in [0.15, 0.2) is 37.1 Å². The number of aromatic amines is 1. The first-order valence-corrected chi connectivity index (χ1v) is 6.99. The second kappa shape index (κ2) is 5.06. The molecule has 0 saturated carbocycles. The van der Waals surface area contributed by atoms with Crippen molar-refractivity contribution in [1.82, 2.24) is 30.2 Å². The highest BCUT2D eigenvalue weighted by Gasteiger charge is 2.25. The number of aromatic nitrogens is 6. The molecule has 8 heteroatoms. The van der Waals surface area contributed by atoms with Crippen molar-refractivity contribution in [3.63, 3.8) is 0 Å². The number of carbonyl (C=O) groups excluding carboxylic acids is 1. The smallest absolute Gasteiger partial charge is 0.260 e. The number of fused-ring (bicyclic) bond motifs is 1. The number of amides is 1. The third-order valence-electron chi connectivity index (χ3n) is 3.70. The number of aryl methyl sites for hydroxylation is 1. The van der Waals surface area contributed by atoms with Gasteiger partial charge in [0.1, 0.15) is 0 Å². The van der Waals surface area contributed by atoms with E-state index in [1.807, 2.05) is 0 Å². The third-order valence-corrected chi connectivity index (χ3v) is 3.70. The van der Waals surface area contributed by atoms with E-state index in [1.54, 1.807) is 46.6 Å². The molecule has 1 amide bonds. The number of H-pyrrole nitrogens is 1. The Morgan fingerprint density at radius 1 is 1.27 bits per heavy atom. The largest absolute Gasteiger partial charge is 0.305 e. The van der Waals surface area contributed by atoms with Crippen LogP contribution in [0, 0.1) is 0 Å². The van der Waals surface area contributed by atoms with Gasteiger partial charge in [-0.05, 0) is 18.9 Å². The second-order valence-corrected chi connectivity index (χ2v) is 5.07. The predicted molar refractivity (Wildman–Crippen MR) is 77.7 cm³/mol. The van der Waals surface area contributed by atoms with Crippen molar-refractivity contribution in [3.8, 4) is 5.69 Å². The lowest BCUT2D eigenvalue weighted by molar-refractivity contribution is 0.0984. The van der Waals surface area contributed by atoms with E-state index in [9.17, 15) is 4.79 Å². The van der Waals surface area contributed by atoms with Gasteiger partial charge in [0.15, 0.2) is 0 Å². The maximum atomic E-state index is 12.8. The first-order valence-electron chi connectivity index (χ1n) is 6.99. The number of hydrogen-bond donors (Lipinski definition) is 1. The minimum absolute atomic E-state index is 0.0863. The molecule has 0 bridgehead atoms. The van der Waals surface area contributed by atoms with Crippen molar-refractivity contribution in [3.05, 3.63) is 48.3 Å². The molecule has 4 heterocycles. The zero-order valence-electron chi connectivity index (χ0n) is 11.7. The zero-order valence-corrected chi connectivity index (χ0v) is 11.7. The summed E-state index contributed by atoms with van der Waals surface area (Å²) in [6, 6.07) is 1.76. The van der Waals surface area contributed by atoms with Gasteiger partial charge < -0.3 is 4.90 Å². The first kappa shape index (κ1) is 12.7. The Kier molecular flexibility index (Phi) is 2.92. The average Bonchev–Trinajstić information content (AvgIpc) is 3.25. The Morgan fingerprint density at radius 2 is 2.23 bits per heavy atom. The van der Waals surface area contributed by atoms with Gasteiger partial charge in [-0.2, -0.15) is 5.10 Å². The molecule has 4 rings (SSSR count). The number of anilines is 1.